The van der Waals surface area contributed by atoms with E-state index in [1.807, 2.05) is 0 Å². The fourth-order valence-electron chi connectivity index (χ4n) is 2.99. The number of carbonyl (C=O) groups excluding carboxylic acids is 4. The minimum absolute atomic E-state index is 0.00800. The summed E-state index contributed by atoms with van der Waals surface area (Å²) in [5.74, 6) is -1.29. The molecule has 1 fully saturated rings. The van der Waals surface area contributed by atoms with Crippen molar-refractivity contribution in [1.82, 2.24) is 15.1 Å². The lowest BCUT2D eigenvalue weighted by molar-refractivity contribution is -0.123. The van der Waals surface area contributed by atoms with Gasteiger partial charge in [-0.1, -0.05) is 0 Å². The summed E-state index contributed by atoms with van der Waals surface area (Å²) in [6, 6.07) is 4.47. The summed E-state index contributed by atoms with van der Waals surface area (Å²) in [5.41, 5.74) is 0.832. The topological polar surface area (TPSA) is 96.0 Å². The number of hydrogen-bond donors (Lipinski definition) is 1. The van der Waals surface area contributed by atoms with E-state index in [-0.39, 0.29) is 36.4 Å². The van der Waals surface area contributed by atoms with E-state index >= 15 is 0 Å². The van der Waals surface area contributed by atoms with Gasteiger partial charge in [0.05, 0.1) is 17.7 Å². The molecule has 2 heterocycles. The molecule has 2 aliphatic heterocycles. The van der Waals surface area contributed by atoms with Crippen molar-refractivity contribution in [1.29, 1.82) is 0 Å². The molecular weight excluding hydrogens is 326 g/mol. The number of hydrogen-bond acceptors (Lipinski definition) is 5. The summed E-state index contributed by atoms with van der Waals surface area (Å²) in [6.45, 7) is 1.54. The van der Waals surface area contributed by atoms with Crippen molar-refractivity contribution >= 4 is 23.6 Å². The van der Waals surface area contributed by atoms with Gasteiger partial charge in [-0.15, -0.1) is 0 Å². The van der Waals surface area contributed by atoms with Crippen molar-refractivity contribution < 1.29 is 23.9 Å². The van der Waals surface area contributed by atoms with Gasteiger partial charge in [-0.05, 0) is 24.6 Å². The van der Waals surface area contributed by atoms with Gasteiger partial charge in [0.25, 0.3) is 17.7 Å². The van der Waals surface area contributed by atoms with Crippen molar-refractivity contribution in [3.05, 3.63) is 34.9 Å². The SMILES string of the molecule is COCCCN1C(=O)c2ccc(C(=O)N3CCNC(=O)C3)cc2C1=O. The highest BCUT2D eigenvalue weighted by atomic mass is 16.5. The largest absolute Gasteiger partial charge is 0.385 e. The summed E-state index contributed by atoms with van der Waals surface area (Å²) in [4.78, 5) is 51.4. The minimum atomic E-state index is -0.401. The van der Waals surface area contributed by atoms with E-state index in [0.29, 0.717) is 37.2 Å². The van der Waals surface area contributed by atoms with Gasteiger partial charge in [-0.2, -0.15) is 0 Å². The summed E-state index contributed by atoms with van der Waals surface area (Å²) in [5, 5.41) is 2.65. The Balaban J connectivity index is 1.79. The molecule has 25 heavy (non-hydrogen) atoms. The van der Waals surface area contributed by atoms with Crippen LogP contribution in [0, 0.1) is 0 Å². The first kappa shape index (κ1) is 17.1. The van der Waals surface area contributed by atoms with Crippen molar-refractivity contribution in [2.45, 2.75) is 6.42 Å². The molecule has 1 aromatic carbocycles. The van der Waals surface area contributed by atoms with Crippen molar-refractivity contribution in [2.24, 2.45) is 0 Å². The van der Waals surface area contributed by atoms with Gasteiger partial charge in [0, 0.05) is 38.9 Å². The molecule has 1 saturated heterocycles. The summed E-state index contributed by atoms with van der Waals surface area (Å²) < 4.78 is 4.94. The van der Waals surface area contributed by atoms with Gasteiger partial charge in [-0.25, -0.2) is 0 Å². The lowest BCUT2D eigenvalue weighted by Crippen LogP contribution is -2.50. The van der Waals surface area contributed by atoms with E-state index < -0.39 is 5.91 Å². The van der Waals surface area contributed by atoms with Crippen LogP contribution in [-0.2, 0) is 9.53 Å². The second-order valence-corrected chi connectivity index (χ2v) is 5.95. The standard InChI is InChI=1S/C17H19N3O5/c1-25-8-2-6-20-16(23)12-4-3-11(9-13(12)17(20)24)15(22)19-7-5-18-14(21)10-19/h3-4,9H,2,5-8,10H2,1H3,(H,18,21). The molecule has 0 spiro atoms. The number of rotatable bonds is 5. The monoisotopic (exact) mass is 345 g/mol. The number of amides is 4. The maximum absolute atomic E-state index is 12.5. The molecule has 3 rings (SSSR count). The van der Waals surface area contributed by atoms with Crippen molar-refractivity contribution in [3.63, 3.8) is 0 Å². The maximum Gasteiger partial charge on any atom is 0.261 e. The van der Waals surface area contributed by atoms with Gasteiger partial charge in [0.1, 0.15) is 0 Å². The predicted octanol–water partition coefficient (Wildman–Crippen LogP) is -0.109. The molecule has 0 aliphatic carbocycles. The number of imide groups is 1. The first-order valence-corrected chi connectivity index (χ1v) is 8.08. The van der Waals surface area contributed by atoms with Gasteiger partial charge >= 0.3 is 0 Å². The summed E-state index contributed by atoms with van der Waals surface area (Å²) in [7, 11) is 1.56. The van der Waals surface area contributed by atoms with Crippen LogP contribution in [0.3, 0.4) is 0 Å². The smallest absolute Gasteiger partial charge is 0.261 e. The van der Waals surface area contributed by atoms with Crippen LogP contribution in [0.4, 0.5) is 0 Å². The van der Waals surface area contributed by atoms with Crippen LogP contribution in [0.5, 0.6) is 0 Å². The molecule has 8 heteroatoms. The highest BCUT2D eigenvalue weighted by Crippen LogP contribution is 2.25. The molecule has 2 aliphatic rings. The van der Waals surface area contributed by atoms with Crippen LogP contribution in [0.1, 0.15) is 37.5 Å². The lowest BCUT2D eigenvalue weighted by atomic mass is 10.0. The summed E-state index contributed by atoms with van der Waals surface area (Å²) in [6.07, 6.45) is 0.552. The Morgan fingerprint density at radius 3 is 2.68 bits per heavy atom. The van der Waals surface area contributed by atoms with E-state index in [9.17, 15) is 19.2 Å². The zero-order valence-electron chi connectivity index (χ0n) is 13.9. The lowest BCUT2D eigenvalue weighted by Gasteiger charge is -2.26. The average molecular weight is 345 g/mol. The number of benzene rings is 1. The second kappa shape index (κ2) is 7.02. The average Bonchev–Trinajstić information content (AvgIpc) is 2.85. The Morgan fingerprint density at radius 1 is 1.20 bits per heavy atom. The van der Waals surface area contributed by atoms with Gasteiger partial charge in [0.15, 0.2) is 0 Å². The minimum Gasteiger partial charge on any atom is -0.385 e. The van der Waals surface area contributed by atoms with Gasteiger partial charge in [-0.3, -0.25) is 24.1 Å². The molecule has 132 valence electrons. The molecule has 1 N–H and O–H groups in total. The summed E-state index contributed by atoms with van der Waals surface area (Å²) >= 11 is 0. The molecular formula is C17H19N3O5. The fraction of sp³-hybridized carbons (Fsp3) is 0.412. The number of carbonyl (C=O) groups is 4. The second-order valence-electron chi connectivity index (χ2n) is 5.95. The Hall–Kier alpha value is -2.74. The highest BCUT2D eigenvalue weighted by molar-refractivity contribution is 6.22. The maximum atomic E-state index is 12.5. The third-order valence-electron chi connectivity index (χ3n) is 4.27. The van der Waals surface area contributed by atoms with E-state index in [0.717, 1.165) is 0 Å². The molecule has 0 saturated carbocycles. The molecule has 4 amide bonds. The first-order valence-electron chi connectivity index (χ1n) is 8.08. The molecule has 0 bridgehead atoms. The Bertz CT molecular complexity index is 746. The fourth-order valence-corrected chi connectivity index (χ4v) is 2.99. The van der Waals surface area contributed by atoms with Crippen molar-refractivity contribution in [3.8, 4) is 0 Å². The normalized spacial score (nSPS) is 16.9. The molecule has 0 radical (unpaired) electrons. The Morgan fingerprint density at radius 2 is 1.96 bits per heavy atom. The highest BCUT2D eigenvalue weighted by Gasteiger charge is 2.36. The van der Waals surface area contributed by atoms with E-state index in [2.05, 4.69) is 5.32 Å². The van der Waals surface area contributed by atoms with Crippen LogP contribution in [0.25, 0.3) is 0 Å². The van der Waals surface area contributed by atoms with E-state index in [1.165, 1.54) is 28.0 Å². The number of nitrogens with one attached hydrogen (secondary N) is 1. The van der Waals surface area contributed by atoms with Crippen LogP contribution < -0.4 is 5.32 Å². The van der Waals surface area contributed by atoms with Gasteiger partial charge < -0.3 is 15.0 Å². The van der Waals surface area contributed by atoms with Crippen LogP contribution in [-0.4, -0.2) is 73.3 Å². The zero-order chi connectivity index (χ0) is 18.0. The third kappa shape index (κ3) is 3.25. The van der Waals surface area contributed by atoms with Crippen LogP contribution in [0.15, 0.2) is 18.2 Å². The van der Waals surface area contributed by atoms with E-state index in [1.54, 1.807) is 7.11 Å². The number of methoxy groups -OCH3 is 1. The molecule has 0 atom stereocenters. The van der Waals surface area contributed by atoms with E-state index in [4.69, 9.17) is 4.74 Å². The predicted molar refractivity (Wildman–Crippen MR) is 87.2 cm³/mol. The molecule has 8 nitrogen and oxygen atoms in total. The van der Waals surface area contributed by atoms with Crippen molar-refractivity contribution in [2.75, 3.05) is 39.9 Å². The van der Waals surface area contributed by atoms with Crippen LogP contribution in [0.2, 0.25) is 0 Å². The molecule has 0 unspecified atom stereocenters. The molecule has 0 aromatic heterocycles. The third-order valence-corrected chi connectivity index (χ3v) is 4.27. The van der Waals surface area contributed by atoms with Gasteiger partial charge in [0.2, 0.25) is 5.91 Å². The number of fused-ring (bicyclic) bond motifs is 1. The van der Waals surface area contributed by atoms with Crippen LogP contribution >= 0.6 is 0 Å². The number of nitrogens with zero attached hydrogens (tertiary/aromatic N) is 2. The number of piperazine rings is 1. The Kier molecular flexibility index (Phi) is 4.80. The quantitative estimate of drug-likeness (QED) is 0.593. The molecule has 1 aromatic rings. The zero-order valence-corrected chi connectivity index (χ0v) is 13.9. The Labute approximate surface area is 144 Å². The number of ether oxygens (including phenoxy) is 1. The first-order chi connectivity index (χ1) is 12.0.